The molecule has 3 aromatic heterocycles. The molecule has 0 saturated heterocycles. The fourth-order valence-corrected chi connectivity index (χ4v) is 3.29. The Hall–Kier alpha value is -4.79. The normalized spacial score (nSPS) is 10.8. The van der Waals surface area contributed by atoms with E-state index in [-0.39, 0.29) is 17.5 Å². The summed E-state index contributed by atoms with van der Waals surface area (Å²) in [6.07, 6.45) is 3.15. The second-order valence-corrected chi connectivity index (χ2v) is 6.91. The Morgan fingerprint density at radius 1 is 0.781 bits per heavy atom. The van der Waals surface area contributed by atoms with Crippen molar-refractivity contribution in [2.24, 2.45) is 0 Å². The summed E-state index contributed by atoms with van der Waals surface area (Å²) >= 11 is 0. The van der Waals surface area contributed by atoms with E-state index in [1.165, 1.54) is 0 Å². The average molecular weight is 423 g/mol. The third kappa shape index (κ3) is 3.82. The van der Waals surface area contributed by atoms with Crippen molar-refractivity contribution in [2.75, 3.05) is 10.6 Å². The minimum Gasteiger partial charge on any atom is -0.331 e. The molecule has 2 aromatic carbocycles. The zero-order chi connectivity index (χ0) is 21.9. The van der Waals surface area contributed by atoms with Gasteiger partial charge in [-0.3, -0.25) is 20.2 Å². The molecule has 0 bridgehead atoms. The minimum atomic E-state index is -0.413. The van der Waals surface area contributed by atoms with Crippen molar-refractivity contribution in [3.8, 4) is 11.3 Å². The molecule has 0 aliphatic heterocycles. The SMILES string of the molecule is O=C(Nc1nc2c(C(=O)Nc3ncc[nH]3)cccc2[nH]1)c1cccc(-c2ccccc2)n1. The monoisotopic (exact) mass is 423 g/mol. The Bertz CT molecular complexity index is 1410. The first-order chi connectivity index (χ1) is 15.7. The molecular weight excluding hydrogens is 406 g/mol. The number of carbonyl (C=O) groups is 2. The molecule has 0 spiro atoms. The third-order valence-electron chi connectivity index (χ3n) is 4.77. The van der Waals surface area contributed by atoms with Gasteiger partial charge in [-0.2, -0.15) is 0 Å². The van der Waals surface area contributed by atoms with Gasteiger partial charge in [0.2, 0.25) is 11.9 Å². The fourth-order valence-electron chi connectivity index (χ4n) is 3.29. The number of fused-ring (bicyclic) bond motifs is 1. The number of hydrogen-bond donors (Lipinski definition) is 4. The molecule has 3 heterocycles. The van der Waals surface area contributed by atoms with Crippen molar-refractivity contribution in [1.82, 2.24) is 24.9 Å². The number of nitrogens with zero attached hydrogens (tertiary/aromatic N) is 3. The number of carbonyl (C=O) groups excluding carboxylic acids is 2. The number of hydrogen-bond acceptors (Lipinski definition) is 5. The first-order valence-corrected chi connectivity index (χ1v) is 9.81. The summed E-state index contributed by atoms with van der Waals surface area (Å²) in [6, 6.07) is 20.0. The van der Waals surface area contributed by atoms with Crippen LogP contribution in [0.5, 0.6) is 0 Å². The van der Waals surface area contributed by atoms with Gasteiger partial charge in [0.25, 0.3) is 11.8 Å². The van der Waals surface area contributed by atoms with Crippen LogP contribution in [-0.4, -0.2) is 36.7 Å². The number of amides is 2. The first-order valence-electron chi connectivity index (χ1n) is 9.81. The van der Waals surface area contributed by atoms with Crippen LogP contribution in [0.1, 0.15) is 20.8 Å². The van der Waals surface area contributed by atoms with Crippen LogP contribution in [0.15, 0.2) is 79.1 Å². The van der Waals surface area contributed by atoms with Gasteiger partial charge in [-0.25, -0.2) is 15.0 Å². The average Bonchev–Trinajstić information content (AvgIpc) is 3.48. The van der Waals surface area contributed by atoms with Crippen LogP contribution in [-0.2, 0) is 0 Å². The van der Waals surface area contributed by atoms with Crippen LogP contribution in [0, 0.1) is 0 Å². The molecule has 0 unspecified atom stereocenters. The molecule has 0 radical (unpaired) electrons. The number of pyridine rings is 1. The maximum Gasteiger partial charge on any atom is 0.276 e. The quantitative estimate of drug-likeness (QED) is 0.341. The lowest BCUT2D eigenvalue weighted by atomic mass is 10.1. The van der Waals surface area contributed by atoms with Crippen molar-refractivity contribution in [3.63, 3.8) is 0 Å². The maximum absolute atomic E-state index is 12.8. The molecule has 9 heteroatoms. The van der Waals surface area contributed by atoms with Gasteiger partial charge in [0, 0.05) is 18.0 Å². The van der Waals surface area contributed by atoms with E-state index in [9.17, 15) is 9.59 Å². The van der Waals surface area contributed by atoms with Gasteiger partial charge in [-0.05, 0) is 24.3 Å². The van der Waals surface area contributed by atoms with Crippen LogP contribution in [0.4, 0.5) is 11.9 Å². The van der Waals surface area contributed by atoms with E-state index in [2.05, 4.69) is 35.6 Å². The molecule has 5 aromatic rings. The highest BCUT2D eigenvalue weighted by Gasteiger charge is 2.17. The standard InChI is InChI=1S/C23H17N7O2/c31-20(29-22-24-12-13-25-22)15-8-4-10-17-19(15)28-23(27-17)30-21(32)18-11-5-9-16(26-18)14-6-2-1-3-7-14/h1-13H,(H2,24,25,29,31)(H2,27,28,30,32). The summed E-state index contributed by atoms with van der Waals surface area (Å²) in [6.45, 7) is 0. The van der Waals surface area contributed by atoms with Crippen molar-refractivity contribution in [3.05, 3.63) is 90.4 Å². The summed E-state index contributed by atoms with van der Waals surface area (Å²) in [5.74, 6) is -0.230. The molecule has 9 nitrogen and oxygen atoms in total. The first kappa shape index (κ1) is 19.2. The largest absolute Gasteiger partial charge is 0.331 e. The van der Waals surface area contributed by atoms with Gasteiger partial charge >= 0.3 is 0 Å². The minimum absolute atomic E-state index is 0.218. The maximum atomic E-state index is 12.8. The van der Waals surface area contributed by atoms with E-state index in [0.717, 1.165) is 5.56 Å². The molecule has 0 atom stereocenters. The fraction of sp³-hybridized carbons (Fsp3) is 0. The number of aromatic nitrogens is 5. The highest BCUT2D eigenvalue weighted by atomic mass is 16.2. The van der Waals surface area contributed by atoms with Crippen molar-refractivity contribution in [1.29, 1.82) is 0 Å². The van der Waals surface area contributed by atoms with Gasteiger partial charge in [0.05, 0.1) is 16.8 Å². The van der Waals surface area contributed by atoms with E-state index in [4.69, 9.17) is 0 Å². The number of anilines is 2. The van der Waals surface area contributed by atoms with Crippen LogP contribution in [0.3, 0.4) is 0 Å². The van der Waals surface area contributed by atoms with Crippen molar-refractivity contribution in [2.45, 2.75) is 0 Å². The number of benzene rings is 2. The lowest BCUT2D eigenvalue weighted by Crippen LogP contribution is -2.15. The summed E-state index contributed by atoms with van der Waals surface area (Å²) in [5.41, 5.74) is 3.25. The summed E-state index contributed by atoms with van der Waals surface area (Å²) < 4.78 is 0. The van der Waals surface area contributed by atoms with E-state index in [0.29, 0.717) is 28.2 Å². The second kappa shape index (κ2) is 8.15. The van der Waals surface area contributed by atoms with Crippen molar-refractivity contribution >= 4 is 34.7 Å². The number of H-pyrrole nitrogens is 2. The number of aromatic amines is 2. The van der Waals surface area contributed by atoms with Crippen LogP contribution in [0.25, 0.3) is 22.3 Å². The Kier molecular flexibility index (Phi) is 4.89. The Labute approximate surface area is 182 Å². The van der Waals surface area contributed by atoms with E-state index >= 15 is 0 Å². The van der Waals surface area contributed by atoms with Crippen LogP contribution < -0.4 is 10.6 Å². The van der Waals surface area contributed by atoms with E-state index in [1.807, 2.05) is 36.4 Å². The van der Waals surface area contributed by atoms with Crippen LogP contribution >= 0.6 is 0 Å². The molecule has 0 aliphatic carbocycles. The summed E-state index contributed by atoms with van der Waals surface area (Å²) in [7, 11) is 0. The van der Waals surface area contributed by atoms with Gasteiger partial charge < -0.3 is 9.97 Å². The predicted octanol–water partition coefficient (Wildman–Crippen LogP) is 3.85. The molecule has 5 rings (SSSR count). The molecule has 4 N–H and O–H groups in total. The molecular formula is C23H17N7O2. The molecule has 0 saturated carbocycles. The van der Waals surface area contributed by atoms with E-state index < -0.39 is 5.91 Å². The number of rotatable bonds is 5. The van der Waals surface area contributed by atoms with Crippen molar-refractivity contribution < 1.29 is 9.59 Å². The zero-order valence-corrected chi connectivity index (χ0v) is 16.7. The predicted molar refractivity (Wildman–Crippen MR) is 120 cm³/mol. The summed E-state index contributed by atoms with van der Waals surface area (Å²) in [4.78, 5) is 44.1. The van der Waals surface area contributed by atoms with Gasteiger partial charge in [0.15, 0.2) is 0 Å². The lowest BCUT2D eigenvalue weighted by molar-refractivity contribution is 0.101. The Morgan fingerprint density at radius 2 is 1.59 bits per heavy atom. The van der Waals surface area contributed by atoms with Crippen LogP contribution in [0.2, 0.25) is 0 Å². The summed E-state index contributed by atoms with van der Waals surface area (Å²) in [5, 5.41) is 5.39. The highest BCUT2D eigenvalue weighted by Crippen LogP contribution is 2.21. The zero-order valence-electron chi connectivity index (χ0n) is 16.7. The Balaban J connectivity index is 1.39. The smallest absolute Gasteiger partial charge is 0.276 e. The number of imidazole rings is 2. The van der Waals surface area contributed by atoms with Gasteiger partial charge in [-0.15, -0.1) is 0 Å². The van der Waals surface area contributed by atoms with Gasteiger partial charge in [-0.1, -0.05) is 42.5 Å². The number of nitrogens with one attached hydrogen (secondary N) is 4. The molecule has 0 aliphatic rings. The molecule has 0 fully saturated rings. The molecule has 32 heavy (non-hydrogen) atoms. The molecule has 2 amide bonds. The number of para-hydroxylation sites is 1. The third-order valence-corrected chi connectivity index (χ3v) is 4.77. The Morgan fingerprint density at radius 3 is 2.41 bits per heavy atom. The van der Waals surface area contributed by atoms with Gasteiger partial charge in [0.1, 0.15) is 11.2 Å². The molecule has 156 valence electrons. The van der Waals surface area contributed by atoms with E-state index in [1.54, 1.807) is 42.7 Å². The second-order valence-electron chi connectivity index (χ2n) is 6.91. The topological polar surface area (TPSA) is 128 Å². The lowest BCUT2D eigenvalue weighted by Gasteiger charge is -2.04. The highest BCUT2D eigenvalue weighted by molar-refractivity contribution is 6.11.